The lowest BCUT2D eigenvalue weighted by Crippen LogP contribution is -2.58. The fourth-order valence-corrected chi connectivity index (χ4v) is 6.82. The number of aromatic nitrogens is 4. The number of amides is 4. The van der Waals surface area contributed by atoms with Crippen LogP contribution in [0.2, 0.25) is 0 Å². The van der Waals surface area contributed by atoms with Gasteiger partial charge in [0.2, 0.25) is 28.8 Å². The SMILES string of the molecule is CN[C@@H](C)C(=O)NC(C(=O)N1CCCC1)[C@@H](C)OCC#CCO[C@H](C)[C@H](NC(=O)[C@H](C)NC)C(=O)N1CCCC1Cn1nnnc1Sc1ccccc1. The monoisotopic (exact) mass is 754 g/mol. The topological polar surface area (TPSA) is 185 Å². The molecule has 4 N–H and O–H groups in total. The predicted molar refractivity (Wildman–Crippen MR) is 198 cm³/mol. The third-order valence-electron chi connectivity index (χ3n) is 9.59. The normalized spacial score (nSPS) is 19.0. The molecule has 7 atom stereocenters. The van der Waals surface area contributed by atoms with Gasteiger partial charge < -0.3 is 40.5 Å². The zero-order chi connectivity index (χ0) is 38.3. The summed E-state index contributed by atoms with van der Waals surface area (Å²) in [5, 5.41) is 24.4. The predicted octanol–water partition coefficient (Wildman–Crippen LogP) is 0.437. The van der Waals surface area contributed by atoms with Crippen LogP contribution in [0.5, 0.6) is 0 Å². The molecule has 0 saturated carbocycles. The molecule has 2 saturated heterocycles. The van der Waals surface area contributed by atoms with E-state index in [1.165, 1.54) is 11.8 Å². The van der Waals surface area contributed by atoms with Crippen molar-refractivity contribution in [2.45, 2.75) is 112 Å². The summed E-state index contributed by atoms with van der Waals surface area (Å²) in [6.45, 7) is 9.11. The van der Waals surface area contributed by atoms with Crippen LogP contribution in [0.15, 0.2) is 40.4 Å². The molecule has 0 spiro atoms. The second-order valence-electron chi connectivity index (χ2n) is 13.3. The Labute approximate surface area is 316 Å². The highest BCUT2D eigenvalue weighted by Gasteiger charge is 2.38. The Balaban J connectivity index is 1.36. The van der Waals surface area contributed by atoms with Crippen molar-refractivity contribution in [1.82, 2.24) is 51.3 Å². The number of nitrogens with one attached hydrogen (secondary N) is 4. The van der Waals surface area contributed by atoms with Gasteiger partial charge in [0.25, 0.3) is 0 Å². The third-order valence-corrected chi connectivity index (χ3v) is 10.6. The van der Waals surface area contributed by atoms with Crippen LogP contribution in [-0.4, -0.2) is 143 Å². The number of likely N-dealkylation sites (tertiary alicyclic amines) is 2. The number of ether oxygens (including phenoxy) is 2. The first kappa shape index (κ1) is 41.7. The van der Waals surface area contributed by atoms with Crippen molar-refractivity contribution >= 4 is 35.4 Å². The van der Waals surface area contributed by atoms with Crippen LogP contribution < -0.4 is 21.3 Å². The number of carbonyl (C=O) groups excluding carboxylic acids is 4. The Hall–Kier alpha value is -4.08. The third kappa shape index (κ3) is 12.0. The molecule has 290 valence electrons. The van der Waals surface area contributed by atoms with Gasteiger partial charge >= 0.3 is 0 Å². The van der Waals surface area contributed by atoms with Gasteiger partial charge in [0.1, 0.15) is 25.3 Å². The van der Waals surface area contributed by atoms with Crippen molar-refractivity contribution in [3.8, 4) is 11.8 Å². The number of benzene rings is 1. The zero-order valence-corrected chi connectivity index (χ0v) is 32.4. The fourth-order valence-electron chi connectivity index (χ4n) is 6.03. The minimum atomic E-state index is -0.968. The molecule has 0 aliphatic carbocycles. The number of rotatable bonds is 18. The van der Waals surface area contributed by atoms with Gasteiger partial charge in [-0.25, -0.2) is 4.68 Å². The Morgan fingerprint density at radius 1 is 0.830 bits per heavy atom. The van der Waals surface area contributed by atoms with Crippen LogP contribution in [0.4, 0.5) is 0 Å². The van der Waals surface area contributed by atoms with Gasteiger partial charge in [0.05, 0.1) is 36.9 Å². The van der Waals surface area contributed by atoms with Crippen LogP contribution in [0.3, 0.4) is 0 Å². The Kier molecular flexibility index (Phi) is 16.5. The maximum absolute atomic E-state index is 14.1. The second kappa shape index (κ2) is 21.0. The van der Waals surface area contributed by atoms with Crippen molar-refractivity contribution in [3.63, 3.8) is 0 Å². The van der Waals surface area contributed by atoms with E-state index < -0.39 is 36.4 Å². The number of tetrazole rings is 1. The van der Waals surface area contributed by atoms with Gasteiger partial charge in [-0.3, -0.25) is 19.2 Å². The molecule has 1 aromatic heterocycles. The molecule has 0 bridgehead atoms. The van der Waals surface area contributed by atoms with E-state index in [4.69, 9.17) is 9.47 Å². The highest BCUT2D eigenvalue weighted by molar-refractivity contribution is 7.99. The van der Waals surface area contributed by atoms with E-state index in [1.54, 1.807) is 56.3 Å². The lowest BCUT2D eigenvalue weighted by atomic mass is 10.1. The van der Waals surface area contributed by atoms with Gasteiger partial charge in [-0.05, 0) is 102 Å². The molecule has 4 rings (SSSR count). The highest BCUT2D eigenvalue weighted by Crippen LogP contribution is 2.27. The average molecular weight is 755 g/mol. The van der Waals surface area contributed by atoms with Crippen molar-refractivity contribution < 1.29 is 28.7 Å². The molecular weight excluding hydrogens is 701 g/mol. The summed E-state index contributed by atoms with van der Waals surface area (Å²) >= 11 is 1.45. The summed E-state index contributed by atoms with van der Waals surface area (Å²) < 4.78 is 13.6. The van der Waals surface area contributed by atoms with Gasteiger partial charge in [0, 0.05) is 24.5 Å². The fraction of sp³-hybridized carbons (Fsp3) is 0.639. The molecule has 17 heteroatoms. The second-order valence-corrected chi connectivity index (χ2v) is 14.3. The Morgan fingerprint density at radius 2 is 1.40 bits per heavy atom. The Morgan fingerprint density at radius 3 is 1.96 bits per heavy atom. The molecule has 0 radical (unpaired) electrons. The smallest absolute Gasteiger partial charge is 0.248 e. The summed E-state index contributed by atoms with van der Waals surface area (Å²) in [6, 6.07) is 6.80. The number of hydrogen-bond acceptors (Lipinski definition) is 12. The number of nitrogens with zero attached hydrogens (tertiary/aromatic N) is 6. The first-order valence-electron chi connectivity index (χ1n) is 18.3. The summed E-state index contributed by atoms with van der Waals surface area (Å²) in [6.07, 6.45) is 2.07. The molecule has 4 amide bonds. The van der Waals surface area contributed by atoms with Crippen LogP contribution in [-0.2, 0) is 35.2 Å². The Bertz CT molecular complexity index is 1560. The van der Waals surface area contributed by atoms with E-state index in [0.29, 0.717) is 31.3 Å². The van der Waals surface area contributed by atoms with Crippen LogP contribution in [0.25, 0.3) is 0 Å². The van der Waals surface area contributed by atoms with E-state index in [-0.39, 0.29) is 42.9 Å². The number of carbonyl (C=O) groups is 4. The maximum atomic E-state index is 14.1. The molecule has 2 fully saturated rings. The largest absolute Gasteiger partial charge is 0.363 e. The van der Waals surface area contributed by atoms with Gasteiger partial charge in [-0.2, -0.15) is 0 Å². The van der Waals surface area contributed by atoms with E-state index in [9.17, 15) is 19.2 Å². The van der Waals surface area contributed by atoms with Crippen LogP contribution >= 0.6 is 11.8 Å². The van der Waals surface area contributed by atoms with Crippen molar-refractivity contribution in [1.29, 1.82) is 0 Å². The van der Waals surface area contributed by atoms with Gasteiger partial charge in [-0.15, -0.1) is 5.10 Å². The highest BCUT2D eigenvalue weighted by atomic mass is 32.2. The first-order chi connectivity index (χ1) is 25.5. The number of likely N-dealkylation sites (N-methyl/N-ethyl adjacent to an activating group) is 2. The van der Waals surface area contributed by atoms with Crippen molar-refractivity contribution in [3.05, 3.63) is 30.3 Å². The standard InChI is InChI=1S/C36H54N10O6S/c1-24(37-5)32(47)39-30(34(49)44-18-10-11-19-44)26(3)51-21-12-13-22-52-27(4)31(40-33(48)25(2)38-6)35(50)45-20-14-15-28(45)23-46-36(41-42-43-46)53-29-16-8-7-9-17-29/h7-9,16-17,24-28,30-31,37-38H,10-11,14-15,18-23H2,1-6H3,(H,39,47)(H,40,48)/t24-,25-,26+,27+,28?,30?,31-/m0/s1. The molecule has 1 aromatic carbocycles. The minimum Gasteiger partial charge on any atom is -0.363 e. The van der Waals surface area contributed by atoms with Crippen LogP contribution in [0.1, 0.15) is 53.4 Å². The zero-order valence-electron chi connectivity index (χ0n) is 31.5. The molecule has 2 aliphatic rings. The van der Waals surface area contributed by atoms with Crippen LogP contribution in [0, 0.1) is 11.8 Å². The van der Waals surface area contributed by atoms with E-state index >= 15 is 0 Å². The molecule has 2 aliphatic heterocycles. The first-order valence-corrected chi connectivity index (χ1v) is 19.1. The summed E-state index contributed by atoms with van der Waals surface area (Å²) in [5.41, 5.74) is 0. The molecule has 2 unspecified atom stereocenters. The molecule has 53 heavy (non-hydrogen) atoms. The van der Waals surface area contributed by atoms with Crippen molar-refractivity contribution in [2.24, 2.45) is 0 Å². The maximum Gasteiger partial charge on any atom is 0.248 e. The summed E-state index contributed by atoms with van der Waals surface area (Å²) in [4.78, 5) is 57.6. The van der Waals surface area contributed by atoms with Gasteiger partial charge in [-0.1, -0.05) is 30.0 Å². The molecular formula is C36H54N10O6S. The lowest BCUT2D eigenvalue weighted by molar-refractivity contribution is -0.141. The summed E-state index contributed by atoms with van der Waals surface area (Å²) in [5.74, 6) is 4.76. The van der Waals surface area contributed by atoms with Gasteiger partial charge in [0.15, 0.2) is 0 Å². The average Bonchev–Trinajstić information content (AvgIpc) is 3.97. The minimum absolute atomic E-state index is 0.00390. The van der Waals surface area contributed by atoms with E-state index in [1.807, 2.05) is 30.3 Å². The van der Waals surface area contributed by atoms with E-state index in [2.05, 4.69) is 48.6 Å². The molecule has 16 nitrogen and oxygen atoms in total. The lowest BCUT2D eigenvalue weighted by Gasteiger charge is -2.32. The quantitative estimate of drug-likeness (QED) is 0.154. The van der Waals surface area contributed by atoms with E-state index in [0.717, 1.165) is 30.6 Å². The molecule has 3 heterocycles. The number of hydrogen-bond donors (Lipinski definition) is 4. The molecule has 2 aromatic rings. The van der Waals surface area contributed by atoms with Crippen molar-refractivity contribution in [2.75, 3.05) is 46.9 Å². The summed E-state index contributed by atoms with van der Waals surface area (Å²) in [7, 11) is 3.35.